The van der Waals surface area contributed by atoms with E-state index in [9.17, 15) is 4.79 Å². The topological polar surface area (TPSA) is 78.4 Å². The van der Waals surface area contributed by atoms with E-state index in [2.05, 4.69) is 10.5 Å². The number of carbonyl (C=O) groups is 1. The number of methoxy groups -OCH3 is 3. The first-order valence-electron chi connectivity index (χ1n) is 8.04. The number of hydrogen-bond donors (Lipinski definition) is 1. The zero-order valence-electron chi connectivity index (χ0n) is 15.5. The second-order valence-corrected chi connectivity index (χ2v) is 5.84. The number of amides is 1. The average Bonchev–Trinajstić information content (AvgIpc) is 2.67. The van der Waals surface area contributed by atoms with Gasteiger partial charge in [0.15, 0.2) is 11.5 Å². The molecule has 1 N–H and O–H groups in total. The molecule has 27 heavy (non-hydrogen) atoms. The molecule has 1 atom stereocenters. The molecular formula is C19H21ClN2O5. The van der Waals surface area contributed by atoms with Gasteiger partial charge >= 0.3 is 0 Å². The minimum absolute atomic E-state index is 0.360. The molecule has 2 rings (SSSR count). The lowest BCUT2D eigenvalue weighted by Crippen LogP contribution is -2.26. The molecule has 0 spiro atoms. The molecule has 8 heteroatoms. The summed E-state index contributed by atoms with van der Waals surface area (Å²) in [5, 5.41) is 6.95. The highest BCUT2D eigenvalue weighted by Crippen LogP contribution is 2.28. The van der Waals surface area contributed by atoms with Crippen LogP contribution >= 0.6 is 11.6 Å². The highest BCUT2D eigenvalue weighted by atomic mass is 35.5. The van der Waals surface area contributed by atoms with Crippen molar-refractivity contribution in [3.8, 4) is 17.2 Å². The molecule has 0 saturated carbocycles. The maximum atomic E-state index is 12.2. The monoisotopic (exact) mass is 392 g/mol. The molecule has 0 aromatic heterocycles. The van der Waals surface area contributed by atoms with Crippen molar-refractivity contribution < 1.29 is 23.8 Å². The van der Waals surface area contributed by atoms with Crippen molar-refractivity contribution in [2.45, 2.75) is 13.0 Å². The Hall–Kier alpha value is -2.93. The van der Waals surface area contributed by atoms with Crippen LogP contribution in [-0.4, -0.2) is 39.6 Å². The van der Waals surface area contributed by atoms with E-state index in [0.29, 0.717) is 28.0 Å². The number of ether oxygens (including phenoxy) is 3. The predicted molar refractivity (Wildman–Crippen MR) is 104 cm³/mol. The Morgan fingerprint density at radius 1 is 1.04 bits per heavy atom. The third kappa shape index (κ3) is 5.52. The number of oxime groups is 1. The highest BCUT2D eigenvalue weighted by Gasteiger charge is 2.15. The van der Waals surface area contributed by atoms with E-state index < -0.39 is 6.10 Å². The fourth-order valence-corrected chi connectivity index (χ4v) is 2.41. The van der Waals surface area contributed by atoms with Gasteiger partial charge in [-0.05, 0) is 43.3 Å². The van der Waals surface area contributed by atoms with Gasteiger partial charge in [0.05, 0.1) is 32.6 Å². The van der Waals surface area contributed by atoms with Crippen LogP contribution in [0.1, 0.15) is 12.5 Å². The molecule has 0 aliphatic rings. The molecule has 1 unspecified atom stereocenters. The molecule has 0 radical (unpaired) electrons. The fraction of sp³-hybridized carbons (Fsp3) is 0.263. The summed E-state index contributed by atoms with van der Waals surface area (Å²) in [5.74, 6) is 1.35. The number of benzene rings is 2. The number of anilines is 1. The lowest BCUT2D eigenvalue weighted by molar-refractivity contribution is -0.126. The van der Waals surface area contributed by atoms with Crippen molar-refractivity contribution in [3.63, 3.8) is 0 Å². The van der Waals surface area contributed by atoms with Crippen molar-refractivity contribution >= 4 is 29.4 Å². The van der Waals surface area contributed by atoms with Crippen LogP contribution in [0.15, 0.2) is 41.6 Å². The minimum atomic E-state index is -0.803. The molecule has 0 fully saturated rings. The molecule has 2 aromatic carbocycles. The first-order valence-corrected chi connectivity index (χ1v) is 8.42. The van der Waals surface area contributed by atoms with Crippen LogP contribution < -0.4 is 19.5 Å². The van der Waals surface area contributed by atoms with Gasteiger partial charge in [0.25, 0.3) is 5.91 Å². The summed E-state index contributed by atoms with van der Waals surface area (Å²) in [7, 11) is 4.63. The van der Waals surface area contributed by atoms with Crippen LogP contribution in [0.5, 0.6) is 17.2 Å². The van der Waals surface area contributed by atoms with Gasteiger partial charge in [0.1, 0.15) is 5.75 Å². The van der Waals surface area contributed by atoms with Crippen LogP contribution in [0.25, 0.3) is 0 Å². The van der Waals surface area contributed by atoms with Crippen molar-refractivity contribution in [2.75, 3.05) is 26.6 Å². The van der Waals surface area contributed by atoms with Gasteiger partial charge in [-0.1, -0.05) is 16.8 Å². The molecule has 0 saturated heterocycles. The van der Waals surface area contributed by atoms with E-state index >= 15 is 0 Å². The van der Waals surface area contributed by atoms with Gasteiger partial charge < -0.3 is 24.4 Å². The number of nitrogens with zero attached hydrogens (tertiary/aromatic N) is 1. The van der Waals surface area contributed by atoms with Crippen LogP contribution in [0, 0.1) is 0 Å². The van der Waals surface area contributed by atoms with E-state index in [1.807, 2.05) is 0 Å². The van der Waals surface area contributed by atoms with Gasteiger partial charge in [-0.2, -0.15) is 0 Å². The largest absolute Gasteiger partial charge is 0.495 e. The quantitative estimate of drug-likeness (QED) is 0.547. The second kappa shape index (κ2) is 9.68. The Kier molecular flexibility index (Phi) is 7.31. The minimum Gasteiger partial charge on any atom is -0.495 e. The maximum Gasteiger partial charge on any atom is 0.267 e. The number of carbonyl (C=O) groups excluding carboxylic acids is 1. The van der Waals surface area contributed by atoms with Crippen molar-refractivity contribution in [1.82, 2.24) is 0 Å². The predicted octanol–water partition coefficient (Wildman–Crippen LogP) is 3.74. The Morgan fingerprint density at radius 2 is 1.70 bits per heavy atom. The highest BCUT2D eigenvalue weighted by molar-refractivity contribution is 6.32. The van der Waals surface area contributed by atoms with E-state index in [1.54, 1.807) is 57.5 Å². The SMILES string of the molecule is COc1ccc(NC(=O)C(C)O/N=C/c2ccc(OC)c(OC)c2)cc1Cl. The normalized spacial score (nSPS) is 11.7. The van der Waals surface area contributed by atoms with Gasteiger partial charge in [0, 0.05) is 11.3 Å². The smallest absolute Gasteiger partial charge is 0.267 e. The Morgan fingerprint density at radius 3 is 2.33 bits per heavy atom. The summed E-state index contributed by atoms with van der Waals surface area (Å²) in [6, 6.07) is 10.2. The first kappa shape index (κ1) is 20.4. The van der Waals surface area contributed by atoms with E-state index in [0.717, 1.165) is 5.56 Å². The molecule has 7 nitrogen and oxygen atoms in total. The van der Waals surface area contributed by atoms with Crippen molar-refractivity contribution in [2.24, 2.45) is 5.16 Å². The van der Waals surface area contributed by atoms with E-state index in [-0.39, 0.29) is 5.91 Å². The molecule has 0 aliphatic carbocycles. The molecule has 0 heterocycles. The number of hydrogen-bond acceptors (Lipinski definition) is 6. The molecule has 144 valence electrons. The third-order valence-electron chi connectivity index (χ3n) is 3.62. The molecule has 1 amide bonds. The van der Waals surface area contributed by atoms with Gasteiger partial charge in [-0.15, -0.1) is 0 Å². The zero-order valence-corrected chi connectivity index (χ0v) is 16.2. The Balaban J connectivity index is 1.94. The second-order valence-electron chi connectivity index (χ2n) is 5.44. The van der Waals surface area contributed by atoms with Gasteiger partial charge in [-0.25, -0.2) is 0 Å². The van der Waals surface area contributed by atoms with E-state index in [1.165, 1.54) is 13.3 Å². The van der Waals surface area contributed by atoms with Crippen LogP contribution in [0.2, 0.25) is 5.02 Å². The van der Waals surface area contributed by atoms with Crippen molar-refractivity contribution in [1.29, 1.82) is 0 Å². The average molecular weight is 393 g/mol. The third-order valence-corrected chi connectivity index (χ3v) is 3.91. The molecule has 0 aliphatic heterocycles. The van der Waals surface area contributed by atoms with Crippen LogP contribution in [0.3, 0.4) is 0 Å². The standard InChI is InChI=1S/C19H21ClN2O5/c1-12(19(23)22-14-6-8-16(24-2)15(20)10-14)27-21-11-13-5-7-17(25-3)18(9-13)26-4/h5-12H,1-4H3,(H,22,23)/b21-11+. The molecule has 0 bridgehead atoms. The Labute approximate surface area is 162 Å². The van der Waals surface area contributed by atoms with Gasteiger partial charge in [0.2, 0.25) is 6.10 Å². The van der Waals surface area contributed by atoms with Crippen molar-refractivity contribution in [3.05, 3.63) is 47.0 Å². The van der Waals surface area contributed by atoms with E-state index in [4.69, 9.17) is 30.6 Å². The van der Waals surface area contributed by atoms with Gasteiger partial charge in [-0.3, -0.25) is 4.79 Å². The summed E-state index contributed by atoms with van der Waals surface area (Å²) in [6.07, 6.45) is 0.679. The first-order chi connectivity index (χ1) is 13.0. The molecular weight excluding hydrogens is 372 g/mol. The number of nitrogens with one attached hydrogen (secondary N) is 1. The lowest BCUT2D eigenvalue weighted by Gasteiger charge is -2.12. The summed E-state index contributed by atoms with van der Waals surface area (Å²) in [4.78, 5) is 17.4. The number of rotatable bonds is 8. The number of halogens is 1. The fourth-order valence-electron chi connectivity index (χ4n) is 2.15. The lowest BCUT2D eigenvalue weighted by atomic mass is 10.2. The summed E-state index contributed by atoms with van der Waals surface area (Å²) in [5.41, 5.74) is 1.27. The summed E-state index contributed by atoms with van der Waals surface area (Å²) < 4.78 is 15.5. The summed E-state index contributed by atoms with van der Waals surface area (Å²) >= 11 is 6.04. The van der Waals surface area contributed by atoms with Crippen LogP contribution in [-0.2, 0) is 9.63 Å². The maximum absolute atomic E-state index is 12.2. The Bertz CT molecular complexity index is 826. The molecule has 2 aromatic rings. The van der Waals surface area contributed by atoms with Crippen LogP contribution in [0.4, 0.5) is 5.69 Å². The zero-order chi connectivity index (χ0) is 19.8. The summed E-state index contributed by atoms with van der Waals surface area (Å²) in [6.45, 7) is 1.59.